The standard InChI is InChI=1S/C17H26N2O3S/c1-12-8-15(20-3)16(21-4)9-13(12)11-19(2)17(23)18-10-14-6-5-7-22-14/h8-9,14H,5-7,10-11H2,1-4H3,(H,18,23)/t14-/m0/s1. The summed E-state index contributed by atoms with van der Waals surface area (Å²) in [7, 11) is 5.28. The maximum absolute atomic E-state index is 5.61. The topological polar surface area (TPSA) is 43.0 Å². The lowest BCUT2D eigenvalue weighted by Gasteiger charge is -2.23. The highest BCUT2D eigenvalue weighted by Gasteiger charge is 2.17. The molecule has 0 spiro atoms. The second-order valence-corrected chi connectivity index (χ2v) is 6.20. The zero-order chi connectivity index (χ0) is 16.8. The molecule has 1 atom stereocenters. The summed E-state index contributed by atoms with van der Waals surface area (Å²) in [4.78, 5) is 2.03. The first-order chi connectivity index (χ1) is 11.0. The van der Waals surface area contributed by atoms with Crippen LogP contribution in [0.3, 0.4) is 0 Å². The summed E-state index contributed by atoms with van der Waals surface area (Å²) in [5, 5.41) is 4.02. The monoisotopic (exact) mass is 338 g/mol. The summed E-state index contributed by atoms with van der Waals surface area (Å²) >= 11 is 5.47. The van der Waals surface area contributed by atoms with Gasteiger partial charge in [0.25, 0.3) is 0 Å². The molecular weight excluding hydrogens is 312 g/mol. The molecule has 128 valence electrons. The molecule has 23 heavy (non-hydrogen) atoms. The van der Waals surface area contributed by atoms with Gasteiger partial charge in [-0.3, -0.25) is 0 Å². The number of thiocarbonyl (C=S) groups is 1. The van der Waals surface area contributed by atoms with Crippen molar-refractivity contribution in [2.45, 2.75) is 32.4 Å². The van der Waals surface area contributed by atoms with Gasteiger partial charge in [-0.15, -0.1) is 0 Å². The molecule has 6 heteroatoms. The van der Waals surface area contributed by atoms with Crippen LogP contribution in [-0.2, 0) is 11.3 Å². The largest absolute Gasteiger partial charge is 0.493 e. The molecule has 5 nitrogen and oxygen atoms in total. The van der Waals surface area contributed by atoms with Gasteiger partial charge in [0.05, 0.1) is 20.3 Å². The molecule has 1 heterocycles. The lowest BCUT2D eigenvalue weighted by molar-refractivity contribution is 0.113. The maximum atomic E-state index is 5.61. The van der Waals surface area contributed by atoms with Crippen LogP contribution in [0.25, 0.3) is 0 Å². The Morgan fingerprint density at radius 2 is 2.04 bits per heavy atom. The van der Waals surface area contributed by atoms with E-state index in [2.05, 4.69) is 12.2 Å². The van der Waals surface area contributed by atoms with Crippen molar-refractivity contribution in [3.05, 3.63) is 23.3 Å². The highest BCUT2D eigenvalue weighted by Crippen LogP contribution is 2.30. The van der Waals surface area contributed by atoms with Gasteiger partial charge < -0.3 is 24.4 Å². The predicted molar refractivity (Wildman–Crippen MR) is 95.3 cm³/mol. The number of benzene rings is 1. The minimum atomic E-state index is 0.282. The summed E-state index contributed by atoms with van der Waals surface area (Å²) in [6.07, 6.45) is 2.53. The number of methoxy groups -OCH3 is 2. The molecule has 1 aromatic rings. The Hall–Kier alpha value is -1.53. The molecule has 1 aliphatic rings. The fraction of sp³-hybridized carbons (Fsp3) is 0.588. The normalized spacial score (nSPS) is 17.0. The van der Waals surface area contributed by atoms with Crippen LogP contribution in [0, 0.1) is 6.92 Å². The average molecular weight is 338 g/mol. The predicted octanol–water partition coefficient (Wildman–Crippen LogP) is 2.50. The van der Waals surface area contributed by atoms with Gasteiger partial charge in [-0.1, -0.05) is 0 Å². The van der Waals surface area contributed by atoms with Crippen LogP contribution >= 0.6 is 12.2 Å². The van der Waals surface area contributed by atoms with Crippen LogP contribution < -0.4 is 14.8 Å². The second-order valence-electron chi connectivity index (χ2n) is 5.81. The minimum Gasteiger partial charge on any atom is -0.493 e. The van der Waals surface area contributed by atoms with E-state index >= 15 is 0 Å². The van der Waals surface area contributed by atoms with E-state index in [9.17, 15) is 0 Å². The Labute approximate surface area is 143 Å². The van der Waals surface area contributed by atoms with E-state index in [1.807, 2.05) is 24.1 Å². The zero-order valence-electron chi connectivity index (χ0n) is 14.3. The smallest absolute Gasteiger partial charge is 0.169 e. The van der Waals surface area contributed by atoms with Crippen molar-refractivity contribution in [2.75, 3.05) is 34.4 Å². The van der Waals surface area contributed by atoms with Crippen LogP contribution in [0.1, 0.15) is 24.0 Å². The quantitative estimate of drug-likeness (QED) is 0.804. The van der Waals surface area contributed by atoms with Gasteiger partial charge in [0, 0.05) is 26.7 Å². The van der Waals surface area contributed by atoms with Crippen molar-refractivity contribution in [3.63, 3.8) is 0 Å². The van der Waals surface area contributed by atoms with Gasteiger partial charge in [-0.05, 0) is 55.2 Å². The van der Waals surface area contributed by atoms with Crippen LogP contribution in [0.15, 0.2) is 12.1 Å². The number of nitrogens with zero attached hydrogens (tertiary/aromatic N) is 1. The van der Waals surface area contributed by atoms with Gasteiger partial charge in [-0.2, -0.15) is 0 Å². The second kappa shape index (κ2) is 8.36. The summed E-state index contributed by atoms with van der Waals surface area (Å²) in [6.45, 7) is 4.41. The first-order valence-electron chi connectivity index (χ1n) is 7.87. The molecule has 0 amide bonds. The van der Waals surface area contributed by atoms with Gasteiger partial charge in [0.2, 0.25) is 0 Å². The van der Waals surface area contributed by atoms with Crippen molar-refractivity contribution in [1.82, 2.24) is 10.2 Å². The number of rotatable bonds is 6. The van der Waals surface area contributed by atoms with Crippen molar-refractivity contribution < 1.29 is 14.2 Å². The fourth-order valence-corrected chi connectivity index (χ4v) is 2.81. The van der Waals surface area contributed by atoms with E-state index in [1.165, 1.54) is 0 Å². The Kier molecular flexibility index (Phi) is 6.47. The van der Waals surface area contributed by atoms with Crippen LogP contribution in [-0.4, -0.2) is 50.5 Å². The minimum absolute atomic E-state index is 0.282. The lowest BCUT2D eigenvalue weighted by Crippen LogP contribution is -2.40. The molecule has 1 saturated heterocycles. The molecule has 1 fully saturated rings. The first kappa shape index (κ1) is 17.8. The van der Waals surface area contributed by atoms with E-state index in [4.69, 9.17) is 26.4 Å². The van der Waals surface area contributed by atoms with Crippen molar-refractivity contribution in [3.8, 4) is 11.5 Å². The van der Waals surface area contributed by atoms with Crippen LogP contribution in [0.2, 0.25) is 0 Å². The fourth-order valence-electron chi connectivity index (χ4n) is 2.66. The van der Waals surface area contributed by atoms with Crippen molar-refractivity contribution in [1.29, 1.82) is 0 Å². The molecule has 0 aromatic heterocycles. The van der Waals surface area contributed by atoms with E-state index < -0.39 is 0 Å². The van der Waals surface area contributed by atoms with Crippen molar-refractivity contribution in [2.24, 2.45) is 0 Å². The molecule has 1 aromatic carbocycles. The van der Waals surface area contributed by atoms with E-state index in [1.54, 1.807) is 14.2 Å². The summed E-state index contributed by atoms with van der Waals surface area (Å²) in [6, 6.07) is 4.00. The molecule has 0 unspecified atom stereocenters. The summed E-state index contributed by atoms with van der Waals surface area (Å²) in [5.41, 5.74) is 2.31. The Morgan fingerprint density at radius 3 is 2.65 bits per heavy atom. The molecule has 1 aliphatic heterocycles. The van der Waals surface area contributed by atoms with Crippen LogP contribution in [0.4, 0.5) is 0 Å². The number of hydrogen-bond acceptors (Lipinski definition) is 4. The third-order valence-corrected chi connectivity index (χ3v) is 4.56. The molecule has 1 N–H and O–H groups in total. The SMILES string of the molecule is COc1cc(C)c(CN(C)C(=S)NC[C@@H]2CCCO2)cc1OC. The van der Waals surface area contributed by atoms with Gasteiger partial charge in [0.15, 0.2) is 16.6 Å². The van der Waals surface area contributed by atoms with Gasteiger partial charge in [-0.25, -0.2) is 0 Å². The first-order valence-corrected chi connectivity index (χ1v) is 8.28. The number of hydrogen-bond donors (Lipinski definition) is 1. The highest BCUT2D eigenvalue weighted by atomic mass is 32.1. The number of aryl methyl sites for hydroxylation is 1. The van der Waals surface area contributed by atoms with Crippen molar-refractivity contribution >= 4 is 17.3 Å². The molecule has 0 saturated carbocycles. The molecule has 2 rings (SSSR count). The summed E-state index contributed by atoms with van der Waals surface area (Å²) in [5.74, 6) is 1.48. The molecule has 0 radical (unpaired) electrons. The molecule has 0 aliphatic carbocycles. The lowest BCUT2D eigenvalue weighted by atomic mass is 10.1. The van der Waals surface area contributed by atoms with Gasteiger partial charge in [0.1, 0.15) is 0 Å². The van der Waals surface area contributed by atoms with E-state index in [0.29, 0.717) is 6.54 Å². The van der Waals surface area contributed by atoms with Crippen LogP contribution in [0.5, 0.6) is 11.5 Å². The maximum Gasteiger partial charge on any atom is 0.169 e. The van der Waals surface area contributed by atoms with Gasteiger partial charge >= 0.3 is 0 Å². The zero-order valence-corrected chi connectivity index (χ0v) is 15.2. The Morgan fingerprint density at radius 1 is 1.35 bits per heavy atom. The molecule has 0 bridgehead atoms. The highest BCUT2D eigenvalue weighted by molar-refractivity contribution is 7.80. The Bertz CT molecular complexity index is 545. The Balaban J connectivity index is 1.95. The number of nitrogens with one attached hydrogen (secondary N) is 1. The average Bonchev–Trinajstić information content (AvgIpc) is 3.07. The third kappa shape index (κ3) is 4.72. The summed E-state index contributed by atoms with van der Waals surface area (Å²) < 4.78 is 16.3. The molecular formula is C17H26N2O3S. The third-order valence-electron chi connectivity index (χ3n) is 4.10. The number of ether oxygens (including phenoxy) is 3. The van der Waals surface area contributed by atoms with E-state index in [0.717, 1.165) is 53.7 Å². The van der Waals surface area contributed by atoms with E-state index in [-0.39, 0.29) is 6.10 Å².